The van der Waals surface area contributed by atoms with Gasteiger partial charge in [0, 0.05) is 12.1 Å². The van der Waals surface area contributed by atoms with Crippen LogP contribution in [0.25, 0.3) is 0 Å². The molecule has 0 radical (unpaired) electrons. The Hall–Kier alpha value is -2.27. The highest BCUT2D eigenvalue weighted by Crippen LogP contribution is 2.31. The third kappa shape index (κ3) is 3.00. The maximum absolute atomic E-state index is 13.1. The highest BCUT2D eigenvalue weighted by molar-refractivity contribution is 6.30. The summed E-state index contributed by atoms with van der Waals surface area (Å²) in [6, 6.07) is 8.85. The van der Waals surface area contributed by atoms with Gasteiger partial charge in [-0.2, -0.15) is 0 Å². The topological polar surface area (TPSA) is 68.3 Å². The minimum Gasteiger partial charge on any atom is -0.497 e. The number of amidine groups is 1. The SMILES string of the molecule is COc1ccc(C(=N)N)c(Oc2ccc(F)c(Cl)c2)c1. The highest BCUT2D eigenvalue weighted by Gasteiger charge is 2.10. The van der Waals surface area contributed by atoms with Crippen LogP contribution in [0, 0.1) is 11.2 Å². The largest absolute Gasteiger partial charge is 0.497 e. The molecule has 104 valence electrons. The molecule has 0 heterocycles. The molecule has 20 heavy (non-hydrogen) atoms. The van der Waals surface area contributed by atoms with Crippen molar-refractivity contribution in [3.05, 3.63) is 52.8 Å². The Morgan fingerprint density at radius 1 is 1.20 bits per heavy atom. The van der Waals surface area contributed by atoms with Crippen LogP contribution in [0.1, 0.15) is 5.56 Å². The summed E-state index contributed by atoms with van der Waals surface area (Å²) in [5.41, 5.74) is 5.90. The minimum absolute atomic E-state index is 0.0465. The first kappa shape index (κ1) is 14.1. The summed E-state index contributed by atoms with van der Waals surface area (Å²) >= 11 is 5.69. The van der Waals surface area contributed by atoms with Gasteiger partial charge in [0.1, 0.15) is 28.9 Å². The van der Waals surface area contributed by atoms with Crippen molar-refractivity contribution in [1.29, 1.82) is 5.41 Å². The molecule has 2 aromatic rings. The highest BCUT2D eigenvalue weighted by atomic mass is 35.5. The van der Waals surface area contributed by atoms with Gasteiger partial charge in [-0.15, -0.1) is 0 Å². The Bertz CT molecular complexity index is 662. The number of ether oxygens (including phenoxy) is 2. The molecule has 0 aromatic heterocycles. The molecule has 2 rings (SSSR count). The lowest BCUT2D eigenvalue weighted by atomic mass is 10.1. The van der Waals surface area contributed by atoms with Gasteiger partial charge in [-0.05, 0) is 24.3 Å². The molecular formula is C14H12ClFN2O2. The van der Waals surface area contributed by atoms with Crippen LogP contribution in [-0.4, -0.2) is 12.9 Å². The van der Waals surface area contributed by atoms with E-state index in [1.807, 2.05) is 0 Å². The van der Waals surface area contributed by atoms with Crippen LogP contribution in [0.15, 0.2) is 36.4 Å². The van der Waals surface area contributed by atoms with Crippen molar-refractivity contribution in [1.82, 2.24) is 0 Å². The molecule has 0 fully saturated rings. The van der Waals surface area contributed by atoms with Crippen molar-refractivity contribution in [2.75, 3.05) is 7.11 Å². The molecule has 0 amide bonds. The molecule has 4 nitrogen and oxygen atoms in total. The average Bonchev–Trinajstić information content (AvgIpc) is 2.42. The standard InChI is InChI=1S/C14H12ClFN2O2/c1-19-8-2-4-10(14(17)18)13(7-8)20-9-3-5-12(16)11(15)6-9/h2-7H,1H3,(H3,17,18). The predicted molar refractivity (Wildman–Crippen MR) is 75.5 cm³/mol. The summed E-state index contributed by atoms with van der Waals surface area (Å²) in [7, 11) is 1.52. The Morgan fingerprint density at radius 3 is 2.50 bits per heavy atom. The molecule has 0 unspecified atom stereocenters. The van der Waals surface area contributed by atoms with Gasteiger partial charge in [-0.25, -0.2) is 4.39 Å². The van der Waals surface area contributed by atoms with Crippen molar-refractivity contribution < 1.29 is 13.9 Å². The summed E-state index contributed by atoms with van der Waals surface area (Å²) in [4.78, 5) is 0. The van der Waals surface area contributed by atoms with E-state index in [0.29, 0.717) is 22.8 Å². The molecule has 0 spiro atoms. The lowest BCUT2D eigenvalue weighted by molar-refractivity contribution is 0.409. The van der Waals surface area contributed by atoms with Crippen LogP contribution >= 0.6 is 11.6 Å². The zero-order chi connectivity index (χ0) is 14.7. The second kappa shape index (κ2) is 5.79. The molecule has 0 aliphatic heterocycles. The van der Waals surface area contributed by atoms with Crippen molar-refractivity contribution in [3.63, 3.8) is 0 Å². The Labute approximate surface area is 120 Å². The fraction of sp³-hybridized carbons (Fsp3) is 0.0714. The molecule has 0 atom stereocenters. The molecule has 6 heteroatoms. The smallest absolute Gasteiger partial charge is 0.142 e. The van der Waals surface area contributed by atoms with Crippen molar-refractivity contribution in [3.8, 4) is 17.2 Å². The van der Waals surface area contributed by atoms with Crippen molar-refractivity contribution in [2.24, 2.45) is 5.73 Å². The average molecular weight is 295 g/mol. The summed E-state index contributed by atoms with van der Waals surface area (Å²) in [5, 5.41) is 7.47. The fourth-order valence-corrected chi connectivity index (χ4v) is 1.77. The zero-order valence-corrected chi connectivity index (χ0v) is 11.4. The third-order valence-electron chi connectivity index (χ3n) is 2.60. The van der Waals surface area contributed by atoms with Crippen LogP contribution < -0.4 is 15.2 Å². The molecular weight excluding hydrogens is 283 g/mol. The fourth-order valence-electron chi connectivity index (χ4n) is 1.60. The lowest BCUT2D eigenvalue weighted by Gasteiger charge is -2.12. The van der Waals surface area contributed by atoms with Gasteiger partial charge in [0.15, 0.2) is 0 Å². The van der Waals surface area contributed by atoms with Gasteiger partial charge < -0.3 is 15.2 Å². The van der Waals surface area contributed by atoms with Crippen LogP contribution in [0.5, 0.6) is 17.2 Å². The van der Waals surface area contributed by atoms with Crippen molar-refractivity contribution >= 4 is 17.4 Å². The number of methoxy groups -OCH3 is 1. The molecule has 0 aliphatic rings. The number of nitrogens with two attached hydrogens (primary N) is 1. The normalized spacial score (nSPS) is 10.2. The minimum atomic E-state index is -0.531. The van der Waals surface area contributed by atoms with Gasteiger partial charge in [-0.1, -0.05) is 11.6 Å². The molecule has 0 bridgehead atoms. The van der Waals surface area contributed by atoms with Crippen LogP contribution in [0.3, 0.4) is 0 Å². The van der Waals surface area contributed by atoms with E-state index < -0.39 is 5.82 Å². The van der Waals surface area contributed by atoms with E-state index in [2.05, 4.69) is 0 Å². The second-order valence-corrected chi connectivity index (χ2v) is 4.36. The van der Waals surface area contributed by atoms with Crippen LogP contribution in [0.4, 0.5) is 4.39 Å². The summed E-state index contributed by atoms with van der Waals surface area (Å²) in [6.45, 7) is 0. The van der Waals surface area contributed by atoms with Crippen LogP contribution in [0.2, 0.25) is 5.02 Å². The van der Waals surface area contributed by atoms with E-state index in [1.165, 1.54) is 25.3 Å². The van der Waals surface area contributed by atoms with Crippen molar-refractivity contribution in [2.45, 2.75) is 0 Å². The van der Waals surface area contributed by atoms with E-state index in [-0.39, 0.29) is 10.9 Å². The van der Waals surface area contributed by atoms with Gasteiger partial charge in [0.25, 0.3) is 0 Å². The zero-order valence-electron chi connectivity index (χ0n) is 10.6. The summed E-state index contributed by atoms with van der Waals surface area (Å²) in [5.74, 6) is 0.553. The number of nitrogen functional groups attached to an aromatic ring is 1. The molecule has 0 aliphatic carbocycles. The number of hydrogen-bond donors (Lipinski definition) is 2. The Kier molecular flexibility index (Phi) is 4.10. The van der Waals surface area contributed by atoms with Gasteiger partial charge in [-0.3, -0.25) is 5.41 Å². The van der Waals surface area contributed by atoms with E-state index in [1.54, 1.807) is 18.2 Å². The number of rotatable bonds is 4. The first-order chi connectivity index (χ1) is 9.51. The molecule has 0 saturated carbocycles. The third-order valence-corrected chi connectivity index (χ3v) is 2.89. The number of halogens is 2. The second-order valence-electron chi connectivity index (χ2n) is 3.95. The molecule has 0 saturated heterocycles. The van der Waals surface area contributed by atoms with Crippen LogP contribution in [-0.2, 0) is 0 Å². The summed E-state index contributed by atoms with van der Waals surface area (Å²) in [6.07, 6.45) is 0. The first-order valence-electron chi connectivity index (χ1n) is 5.66. The monoisotopic (exact) mass is 294 g/mol. The van der Waals surface area contributed by atoms with E-state index in [9.17, 15) is 4.39 Å². The van der Waals surface area contributed by atoms with E-state index in [4.69, 9.17) is 32.2 Å². The maximum Gasteiger partial charge on any atom is 0.142 e. The van der Waals surface area contributed by atoms with Gasteiger partial charge >= 0.3 is 0 Å². The quantitative estimate of drug-likeness (QED) is 0.669. The first-order valence-corrected chi connectivity index (χ1v) is 6.04. The van der Waals surface area contributed by atoms with E-state index in [0.717, 1.165) is 0 Å². The summed E-state index contributed by atoms with van der Waals surface area (Å²) < 4.78 is 23.8. The van der Waals surface area contributed by atoms with Gasteiger partial charge in [0.05, 0.1) is 17.7 Å². The Balaban J connectivity index is 2.40. The predicted octanol–water partition coefficient (Wildman–Crippen LogP) is 3.56. The number of nitrogens with one attached hydrogen (secondary N) is 1. The number of hydrogen-bond acceptors (Lipinski definition) is 3. The number of benzene rings is 2. The lowest BCUT2D eigenvalue weighted by Crippen LogP contribution is -2.12. The molecule has 2 aromatic carbocycles. The van der Waals surface area contributed by atoms with Gasteiger partial charge in [0.2, 0.25) is 0 Å². The Morgan fingerprint density at radius 2 is 1.90 bits per heavy atom. The van der Waals surface area contributed by atoms with E-state index >= 15 is 0 Å². The maximum atomic E-state index is 13.1. The molecule has 3 N–H and O–H groups in total.